The van der Waals surface area contributed by atoms with Gasteiger partial charge in [0.1, 0.15) is 5.70 Å². The van der Waals surface area contributed by atoms with Crippen molar-refractivity contribution >= 4 is 52.8 Å². The van der Waals surface area contributed by atoms with E-state index in [0.717, 1.165) is 4.90 Å². The molecule has 0 spiro atoms. The van der Waals surface area contributed by atoms with Gasteiger partial charge in [0, 0.05) is 28.5 Å². The number of nitrogens with one attached hydrogen (secondary N) is 3. The highest BCUT2D eigenvalue weighted by Gasteiger charge is 2.19. The minimum Gasteiger partial charge on any atom is -0.366 e. The average Bonchev–Trinajstić information content (AvgIpc) is 2.98. The van der Waals surface area contributed by atoms with E-state index in [-0.39, 0.29) is 17.2 Å². The molecule has 1 unspecified atom stereocenters. The van der Waals surface area contributed by atoms with E-state index in [0.29, 0.717) is 22.5 Å². The molecule has 206 valence electrons. The van der Waals surface area contributed by atoms with Crippen LogP contribution in [-0.4, -0.2) is 33.9 Å². The second-order valence-corrected chi connectivity index (χ2v) is 10.2. The van der Waals surface area contributed by atoms with Crippen LogP contribution in [0.25, 0.3) is 6.08 Å². The number of nitrogens with two attached hydrogens (primary N) is 1. The molecule has 0 aliphatic carbocycles. The molecule has 0 fully saturated rings. The van der Waals surface area contributed by atoms with Crippen LogP contribution in [0, 0.1) is 0 Å². The normalized spacial score (nSPS) is 11.7. The molecular formula is C31H27N5O4S. The van der Waals surface area contributed by atoms with Crippen LogP contribution in [0.1, 0.15) is 33.2 Å². The zero-order valence-electron chi connectivity index (χ0n) is 22.0. The summed E-state index contributed by atoms with van der Waals surface area (Å²) >= 11 is 1.27. The Morgan fingerprint density at radius 1 is 0.878 bits per heavy atom. The van der Waals surface area contributed by atoms with Crippen LogP contribution in [0.2, 0.25) is 0 Å². The quantitative estimate of drug-likeness (QED) is 0.162. The lowest BCUT2D eigenvalue weighted by atomic mass is 10.1. The number of benzene rings is 3. The van der Waals surface area contributed by atoms with E-state index >= 15 is 0 Å². The fourth-order valence-corrected chi connectivity index (χ4v) is 4.64. The molecule has 10 heteroatoms. The van der Waals surface area contributed by atoms with Gasteiger partial charge in [-0.15, -0.1) is 11.8 Å². The van der Waals surface area contributed by atoms with E-state index < -0.39 is 23.0 Å². The number of carbonyl (C=O) groups is 4. The number of pyridine rings is 1. The summed E-state index contributed by atoms with van der Waals surface area (Å²) in [6.07, 6.45) is 4.73. The Hall–Kier alpha value is -5.22. The first-order valence-corrected chi connectivity index (χ1v) is 13.4. The number of carbonyl (C=O) groups excluding carboxylic acids is 4. The Kier molecular flexibility index (Phi) is 9.63. The van der Waals surface area contributed by atoms with Gasteiger partial charge >= 0.3 is 0 Å². The van der Waals surface area contributed by atoms with E-state index in [2.05, 4.69) is 20.9 Å². The van der Waals surface area contributed by atoms with E-state index in [4.69, 9.17) is 5.73 Å². The number of para-hydroxylation sites is 1. The molecule has 0 saturated carbocycles. The van der Waals surface area contributed by atoms with Gasteiger partial charge in [-0.25, -0.2) is 0 Å². The predicted octanol–water partition coefficient (Wildman–Crippen LogP) is 4.71. The molecule has 1 aromatic heterocycles. The van der Waals surface area contributed by atoms with Crippen molar-refractivity contribution in [2.45, 2.75) is 17.1 Å². The molecule has 0 saturated heterocycles. The zero-order valence-corrected chi connectivity index (χ0v) is 22.9. The maximum Gasteiger partial charge on any atom is 0.272 e. The molecule has 4 rings (SSSR count). The Bertz CT molecular complexity index is 1590. The minimum absolute atomic E-state index is 0.0331. The van der Waals surface area contributed by atoms with Gasteiger partial charge in [-0.2, -0.15) is 0 Å². The van der Waals surface area contributed by atoms with Crippen LogP contribution >= 0.6 is 11.8 Å². The Morgan fingerprint density at radius 3 is 2.37 bits per heavy atom. The highest BCUT2D eigenvalue weighted by Crippen LogP contribution is 2.27. The summed E-state index contributed by atoms with van der Waals surface area (Å²) in [4.78, 5) is 55.4. The first-order valence-electron chi connectivity index (χ1n) is 12.6. The summed E-state index contributed by atoms with van der Waals surface area (Å²) in [5, 5.41) is 7.72. The molecule has 5 N–H and O–H groups in total. The van der Waals surface area contributed by atoms with Crippen molar-refractivity contribution in [3.63, 3.8) is 0 Å². The second-order valence-electron chi connectivity index (χ2n) is 8.81. The van der Waals surface area contributed by atoms with E-state index in [9.17, 15) is 19.2 Å². The van der Waals surface area contributed by atoms with Crippen molar-refractivity contribution in [1.82, 2.24) is 10.3 Å². The Balaban J connectivity index is 1.47. The van der Waals surface area contributed by atoms with Gasteiger partial charge in [-0.3, -0.25) is 24.2 Å². The van der Waals surface area contributed by atoms with Crippen LogP contribution < -0.4 is 21.7 Å². The largest absolute Gasteiger partial charge is 0.366 e. The third-order valence-electron chi connectivity index (χ3n) is 5.75. The van der Waals surface area contributed by atoms with Gasteiger partial charge < -0.3 is 21.7 Å². The SMILES string of the molecule is CC(Sc1cccc(NC(=O)/C(=C\c2cccnc2)NC(=O)c2ccccc2)c1)C(=O)Nc1ccccc1C(N)=O. The Morgan fingerprint density at radius 2 is 1.63 bits per heavy atom. The third-order valence-corrected chi connectivity index (χ3v) is 6.84. The molecule has 3 aromatic carbocycles. The van der Waals surface area contributed by atoms with Gasteiger partial charge in [0.15, 0.2) is 0 Å². The third kappa shape index (κ3) is 8.13. The van der Waals surface area contributed by atoms with Gasteiger partial charge in [0.25, 0.3) is 17.7 Å². The summed E-state index contributed by atoms with van der Waals surface area (Å²) < 4.78 is 0. The van der Waals surface area contributed by atoms with Gasteiger partial charge in [-0.1, -0.05) is 42.5 Å². The van der Waals surface area contributed by atoms with Gasteiger partial charge in [-0.05, 0) is 67.1 Å². The van der Waals surface area contributed by atoms with Crippen LogP contribution in [-0.2, 0) is 9.59 Å². The number of hydrogen-bond acceptors (Lipinski definition) is 6. The lowest BCUT2D eigenvalue weighted by Crippen LogP contribution is -2.30. The summed E-state index contributed by atoms with van der Waals surface area (Å²) in [5.41, 5.74) is 7.50. The van der Waals surface area contributed by atoms with Crippen LogP contribution in [0.15, 0.2) is 114 Å². The molecule has 0 aliphatic rings. The first kappa shape index (κ1) is 28.8. The number of aromatic nitrogens is 1. The van der Waals surface area contributed by atoms with Crippen LogP contribution in [0.3, 0.4) is 0 Å². The summed E-state index contributed by atoms with van der Waals surface area (Å²) in [7, 11) is 0. The smallest absolute Gasteiger partial charge is 0.272 e. The molecule has 0 aliphatic heterocycles. The van der Waals surface area contributed by atoms with E-state index in [1.165, 1.54) is 17.8 Å². The van der Waals surface area contributed by atoms with Crippen molar-refractivity contribution in [2.75, 3.05) is 10.6 Å². The maximum absolute atomic E-state index is 13.3. The molecule has 0 bridgehead atoms. The number of nitrogens with zero attached hydrogens (tertiary/aromatic N) is 1. The van der Waals surface area contributed by atoms with Crippen LogP contribution in [0.4, 0.5) is 11.4 Å². The fraction of sp³-hybridized carbons (Fsp3) is 0.0645. The van der Waals surface area contributed by atoms with Gasteiger partial charge in [0.05, 0.1) is 16.5 Å². The number of hydrogen-bond donors (Lipinski definition) is 4. The molecule has 41 heavy (non-hydrogen) atoms. The fourth-order valence-electron chi connectivity index (χ4n) is 3.71. The highest BCUT2D eigenvalue weighted by molar-refractivity contribution is 8.00. The van der Waals surface area contributed by atoms with Crippen molar-refractivity contribution < 1.29 is 19.2 Å². The van der Waals surface area contributed by atoms with E-state index in [1.807, 2.05) is 6.07 Å². The van der Waals surface area contributed by atoms with Crippen molar-refractivity contribution in [2.24, 2.45) is 5.73 Å². The minimum atomic E-state index is -0.637. The van der Waals surface area contributed by atoms with Crippen molar-refractivity contribution in [3.05, 3.63) is 126 Å². The molecule has 0 radical (unpaired) electrons. The maximum atomic E-state index is 13.3. The molecular weight excluding hydrogens is 538 g/mol. The number of primary amides is 1. The molecule has 4 amide bonds. The first-order chi connectivity index (χ1) is 19.8. The molecule has 1 heterocycles. The predicted molar refractivity (Wildman–Crippen MR) is 160 cm³/mol. The summed E-state index contributed by atoms with van der Waals surface area (Å²) in [6.45, 7) is 1.73. The molecule has 1 atom stereocenters. The van der Waals surface area contributed by atoms with Gasteiger partial charge in [0.2, 0.25) is 5.91 Å². The molecule has 9 nitrogen and oxygen atoms in total. The topological polar surface area (TPSA) is 143 Å². The van der Waals surface area contributed by atoms with Crippen molar-refractivity contribution in [1.29, 1.82) is 0 Å². The lowest BCUT2D eigenvalue weighted by molar-refractivity contribution is -0.115. The Labute approximate surface area is 241 Å². The summed E-state index contributed by atoms with van der Waals surface area (Å²) in [6, 6.07) is 25.6. The zero-order chi connectivity index (χ0) is 29.2. The van der Waals surface area contributed by atoms with Crippen LogP contribution in [0.5, 0.6) is 0 Å². The monoisotopic (exact) mass is 565 g/mol. The standard InChI is InChI=1S/C31H27N5O4S/c1-20(29(38)35-26-15-6-5-14-25(26)28(32)37)41-24-13-7-12-23(18-24)34-31(40)27(17-21-9-8-16-33-19-21)36-30(39)22-10-3-2-4-11-22/h2-20H,1H3,(H2,32,37)(H,34,40)(H,35,38)(H,36,39)/b27-17+. The molecule has 4 aromatic rings. The summed E-state index contributed by atoms with van der Waals surface area (Å²) in [5.74, 6) is -1.92. The average molecular weight is 566 g/mol. The second kappa shape index (κ2) is 13.7. The number of rotatable bonds is 10. The highest BCUT2D eigenvalue weighted by atomic mass is 32.2. The van der Waals surface area contributed by atoms with Crippen molar-refractivity contribution in [3.8, 4) is 0 Å². The number of thioether (sulfide) groups is 1. The number of amides is 4. The van der Waals surface area contributed by atoms with E-state index in [1.54, 1.807) is 104 Å². The number of anilines is 2. The lowest BCUT2D eigenvalue weighted by Gasteiger charge is -2.15.